The highest BCUT2D eigenvalue weighted by Gasteiger charge is 2.31. The summed E-state index contributed by atoms with van der Waals surface area (Å²) in [5.41, 5.74) is 1.93. The van der Waals surface area contributed by atoms with E-state index in [-0.39, 0.29) is 11.6 Å². The van der Waals surface area contributed by atoms with E-state index in [0.717, 1.165) is 16.7 Å². The first kappa shape index (κ1) is 24.6. The van der Waals surface area contributed by atoms with Crippen molar-refractivity contribution in [1.82, 2.24) is 25.1 Å². The highest BCUT2D eigenvalue weighted by atomic mass is 16.5. The van der Waals surface area contributed by atoms with E-state index in [0.29, 0.717) is 18.1 Å². The molecule has 2 heterocycles. The summed E-state index contributed by atoms with van der Waals surface area (Å²) in [4.78, 5) is 34.5. The molecule has 2 aromatic carbocycles. The molecule has 0 radical (unpaired) electrons. The van der Waals surface area contributed by atoms with Gasteiger partial charge in [0, 0.05) is 17.8 Å². The lowest BCUT2D eigenvalue weighted by Crippen LogP contribution is -2.52. The SMILES string of the molecule is COc1ccnc(C(=O)NC(C)(C)C(=O)Nc2nc(-c3ccc(C)cc3)n(Cc3ccccc3)n2)c1. The fraction of sp³-hybridized carbons (Fsp3) is 0.222. The standard InChI is InChI=1S/C27H28N6O3/c1-18-10-12-20(13-11-18)23-29-26(32-33(23)17-19-8-6-5-7-9-19)30-25(35)27(2,3)31-24(34)22-16-21(36-4)14-15-28-22/h5-16H,17H2,1-4H3,(H,31,34)(H,30,32,35). The van der Waals surface area contributed by atoms with Gasteiger partial charge in [0.15, 0.2) is 5.82 Å². The van der Waals surface area contributed by atoms with Crippen LogP contribution in [0.3, 0.4) is 0 Å². The summed E-state index contributed by atoms with van der Waals surface area (Å²) >= 11 is 0. The summed E-state index contributed by atoms with van der Waals surface area (Å²) in [6, 6.07) is 21.0. The van der Waals surface area contributed by atoms with Crippen LogP contribution in [0.2, 0.25) is 0 Å². The lowest BCUT2D eigenvalue weighted by molar-refractivity contribution is -0.121. The first-order chi connectivity index (χ1) is 17.2. The Bertz CT molecular complexity index is 1360. The fourth-order valence-electron chi connectivity index (χ4n) is 3.50. The Kier molecular flexibility index (Phi) is 7.10. The van der Waals surface area contributed by atoms with Crippen molar-refractivity contribution in [3.63, 3.8) is 0 Å². The Morgan fingerprint density at radius 1 is 1.03 bits per heavy atom. The largest absolute Gasteiger partial charge is 0.497 e. The second-order valence-corrected chi connectivity index (χ2v) is 8.88. The topological polar surface area (TPSA) is 111 Å². The van der Waals surface area contributed by atoms with Crippen LogP contribution in [0, 0.1) is 6.92 Å². The van der Waals surface area contributed by atoms with Crippen molar-refractivity contribution < 1.29 is 14.3 Å². The molecule has 4 rings (SSSR count). The van der Waals surface area contributed by atoms with Gasteiger partial charge in [0.2, 0.25) is 5.95 Å². The number of nitrogens with one attached hydrogen (secondary N) is 2. The van der Waals surface area contributed by atoms with Gasteiger partial charge in [-0.25, -0.2) is 4.68 Å². The molecular weight excluding hydrogens is 456 g/mol. The number of aromatic nitrogens is 4. The minimum Gasteiger partial charge on any atom is -0.497 e. The first-order valence-electron chi connectivity index (χ1n) is 11.4. The molecule has 0 spiro atoms. The average Bonchev–Trinajstić information content (AvgIpc) is 3.26. The van der Waals surface area contributed by atoms with E-state index in [1.807, 2.05) is 61.5 Å². The minimum absolute atomic E-state index is 0.141. The number of rotatable bonds is 8. The number of pyridine rings is 1. The van der Waals surface area contributed by atoms with Gasteiger partial charge in [0.25, 0.3) is 11.8 Å². The number of hydrogen-bond acceptors (Lipinski definition) is 6. The van der Waals surface area contributed by atoms with E-state index in [4.69, 9.17) is 4.74 Å². The van der Waals surface area contributed by atoms with E-state index in [2.05, 4.69) is 25.7 Å². The summed E-state index contributed by atoms with van der Waals surface area (Å²) in [5.74, 6) is 0.294. The number of nitrogens with zero attached hydrogens (tertiary/aromatic N) is 4. The Hall–Kier alpha value is -4.53. The van der Waals surface area contributed by atoms with Gasteiger partial charge in [-0.1, -0.05) is 60.2 Å². The number of carbonyl (C=O) groups is 2. The number of methoxy groups -OCH3 is 1. The molecule has 0 aliphatic carbocycles. The van der Waals surface area contributed by atoms with Crippen LogP contribution in [0.5, 0.6) is 5.75 Å². The van der Waals surface area contributed by atoms with Crippen molar-refractivity contribution in [2.75, 3.05) is 12.4 Å². The molecule has 0 aliphatic heterocycles. The van der Waals surface area contributed by atoms with Gasteiger partial charge in [0.05, 0.1) is 13.7 Å². The maximum Gasteiger partial charge on any atom is 0.270 e. The van der Waals surface area contributed by atoms with Crippen molar-refractivity contribution in [1.29, 1.82) is 0 Å². The predicted molar refractivity (Wildman–Crippen MR) is 137 cm³/mol. The third-order valence-corrected chi connectivity index (χ3v) is 5.58. The van der Waals surface area contributed by atoms with Crippen LogP contribution in [0.25, 0.3) is 11.4 Å². The summed E-state index contributed by atoms with van der Waals surface area (Å²) < 4.78 is 6.89. The van der Waals surface area contributed by atoms with Gasteiger partial charge in [-0.3, -0.25) is 19.9 Å². The molecule has 9 nitrogen and oxygen atoms in total. The number of aryl methyl sites for hydroxylation is 1. The first-order valence-corrected chi connectivity index (χ1v) is 11.4. The number of amides is 2. The molecular formula is C27H28N6O3. The van der Waals surface area contributed by atoms with Gasteiger partial charge in [-0.2, -0.15) is 4.98 Å². The number of hydrogen-bond donors (Lipinski definition) is 2. The molecule has 0 bridgehead atoms. The highest BCUT2D eigenvalue weighted by molar-refractivity contribution is 6.02. The van der Waals surface area contributed by atoms with Gasteiger partial charge in [-0.15, -0.1) is 5.10 Å². The molecule has 2 amide bonds. The Balaban J connectivity index is 1.55. The van der Waals surface area contributed by atoms with Crippen molar-refractivity contribution in [3.8, 4) is 17.1 Å². The maximum atomic E-state index is 13.1. The summed E-state index contributed by atoms with van der Waals surface area (Å²) in [5, 5.41) is 10.0. The van der Waals surface area contributed by atoms with E-state index < -0.39 is 17.4 Å². The predicted octanol–water partition coefficient (Wildman–Crippen LogP) is 3.85. The van der Waals surface area contributed by atoms with Crippen molar-refractivity contribution >= 4 is 17.8 Å². The normalized spacial score (nSPS) is 11.1. The smallest absolute Gasteiger partial charge is 0.270 e. The molecule has 0 saturated heterocycles. The van der Waals surface area contributed by atoms with Crippen LogP contribution in [-0.2, 0) is 11.3 Å². The summed E-state index contributed by atoms with van der Waals surface area (Å²) in [6.45, 7) is 5.70. The molecule has 0 atom stereocenters. The van der Waals surface area contributed by atoms with Gasteiger partial charge < -0.3 is 10.1 Å². The van der Waals surface area contributed by atoms with Gasteiger partial charge in [0.1, 0.15) is 17.0 Å². The van der Waals surface area contributed by atoms with Gasteiger partial charge >= 0.3 is 0 Å². The third-order valence-electron chi connectivity index (χ3n) is 5.58. The quantitative estimate of drug-likeness (QED) is 0.393. The Morgan fingerprint density at radius 3 is 2.44 bits per heavy atom. The highest BCUT2D eigenvalue weighted by Crippen LogP contribution is 2.22. The summed E-state index contributed by atoms with van der Waals surface area (Å²) in [6.07, 6.45) is 1.47. The van der Waals surface area contributed by atoms with Gasteiger partial charge in [-0.05, 0) is 32.4 Å². The molecule has 2 N–H and O–H groups in total. The number of benzene rings is 2. The fourth-order valence-corrected chi connectivity index (χ4v) is 3.50. The summed E-state index contributed by atoms with van der Waals surface area (Å²) in [7, 11) is 1.50. The van der Waals surface area contributed by atoms with E-state index >= 15 is 0 Å². The number of ether oxygens (including phenoxy) is 1. The zero-order valence-electron chi connectivity index (χ0n) is 20.6. The molecule has 4 aromatic rings. The molecule has 0 fully saturated rings. The zero-order valence-corrected chi connectivity index (χ0v) is 20.6. The molecule has 0 saturated carbocycles. The minimum atomic E-state index is -1.27. The lowest BCUT2D eigenvalue weighted by Gasteiger charge is -2.24. The monoisotopic (exact) mass is 484 g/mol. The van der Waals surface area contributed by atoms with Crippen LogP contribution < -0.4 is 15.4 Å². The van der Waals surface area contributed by atoms with E-state index in [1.165, 1.54) is 19.4 Å². The zero-order chi connectivity index (χ0) is 25.7. The Labute approximate surface area is 209 Å². The second kappa shape index (κ2) is 10.4. The maximum absolute atomic E-state index is 13.1. The van der Waals surface area contributed by atoms with E-state index in [1.54, 1.807) is 24.6 Å². The molecule has 184 valence electrons. The van der Waals surface area contributed by atoms with Crippen molar-refractivity contribution in [2.24, 2.45) is 0 Å². The number of anilines is 1. The van der Waals surface area contributed by atoms with Crippen LogP contribution in [-0.4, -0.2) is 44.2 Å². The molecule has 9 heteroatoms. The Morgan fingerprint density at radius 2 is 1.75 bits per heavy atom. The average molecular weight is 485 g/mol. The number of carbonyl (C=O) groups excluding carboxylic acids is 2. The van der Waals surface area contributed by atoms with E-state index in [9.17, 15) is 9.59 Å². The van der Waals surface area contributed by atoms with Crippen LogP contribution >= 0.6 is 0 Å². The third kappa shape index (κ3) is 5.75. The van der Waals surface area contributed by atoms with Crippen LogP contribution in [0.15, 0.2) is 72.9 Å². The van der Waals surface area contributed by atoms with Crippen molar-refractivity contribution in [2.45, 2.75) is 32.9 Å². The lowest BCUT2D eigenvalue weighted by atomic mass is 10.0. The van der Waals surface area contributed by atoms with Crippen LogP contribution in [0.1, 0.15) is 35.5 Å². The second-order valence-electron chi connectivity index (χ2n) is 8.88. The molecule has 0 unspecified atom stereocenters. The molecule has 0 aliphatic rings. The molecule has 36 heavy (non-hydrogen) atoms. The molecule has 2 aromatic heterocycles. The van der Waals surface area contributed by atoms with Crippen molar-refractivity contribution in [3.05, 3.63) is 89.7 Å². The van der Waals surface area contributed by atoms with Crippen LogP contribution in [0.4, 0.5) is 5.95 Å².